The lowest BCUT2D eigenvalue weighted by Crippen LogP contribution is -2.58. The summed E-state index contributed by atoms with van der Waals surface area (Å²) >= 11 is 0. The molecule has 0 aromatic heterocycles. The summed E-state index contributed by atoms with van der Waals surface area (Å²) in [5.41, 5.74) is 4.48. The molecule has 11 heteroatoms. The van der Waals surface area contributed by atoms with Gasteiger partial charge in [-0.15, -0.1) is 0 Å². The van der Waals surface area contributed by atoms with Crippen LogP contribution in [0.1, 0.15) is 43.4 Å². The molecule has 7 N–H and O–H groups in total. The molecule has 0 bridgehead atoms. The number of ether oxygens (including phenoxy) is 1. The van der Waals surface area contributed by atoms with Crippen LogP contribution >= 0.6 is 0 Å². The van der Waals surface area contributed by atoms with E-state index in [-0.39, 0.29) is 48.6 Å². The molecule has 0 radical (unpaired) electrons. The molecular weight excluding hydrogens is 544 g/mol. The smallest absolute Gasteiger partial charge is 0.407 e. The lowest BCUT2D eigenvalue weighted by molar-refractivity contribution is -0.147. The molecule has 2 aromatic rings. The standard InChI is InChI=1S/C31H32N2O9/c1-14(2)13-42-30(40)33-12-15-3-5-16(6-4-15)19-7-8-21(34)24-20(19)10-17-9-18-11-22(35)25(29(32)39)28(38)31(18,41)27(37)23(17)26(24)36/h3-8,14,17-18,34,36,38,41H,9-13H2,1-2H3,(H2,32,39)(H,33,40)/t17-,18+,31+/m1/s1. The van der Waals surface area contributed by atoms with Crippen molar-refractivity contribution < 1.29 is 44.3 Å². The third-order valence-electron chi connectivity index (χ3n) is 8.20. The van der Waals surface area contributed by atoms with Crippen molar-refractivity contribution in [3.05, 3.63) is 70.0 Å². The van der Waals surface area contributed by atoms with Crippen LogP contribution in [0.25, 0.3) is 16.9 Å². The molecule has 1 fully saturated rings. The zero-order valence-corrected chi connectivity index (χ0v) is 23.1. The van der Waals surface area contributed by atoms with Gasteiger partial charge in [0.15, 0.2) is 11.4 Å². The summed E-state index contributed by atoms with van der Waals surface area (Å²) in [6.45, 7) is 4.45. The Morgan fingerprint density at radius 2 is 1.76 bits per heavy atom. The van der Waals surface area contributed by atoms with E-state index in [1.807, 2.05) is 38.1 Å². The highest BCUT2D eigenvalue weighted by atomic mass is 16.5. The minimum absolute atomic E-state index is 0.0262. The summed E-state index contributed by atoms with van der Waals surface area (Å²) in [6, 6.07) is 10.4. The number of aliphatic hydroxyl groups excluding tert-OH is 2. The Labute approximate surface area is 241 Å². The molecule has 1 saturated carbocycles. The predicted molar refractivity (Wildman–Crippen MR) is 150 cm³/mol. The van der Waals surface area contributed by atoms with E-state index < -0.39 is 58.1 Å². The molecule has 42 heavy (non-hydrogen) atoms. The lowest BCUT2D eigenvalue weighted by atomic mass is 9.59. The maximum atomic E-state index is 13.7. The van der Waals surface area contributed by atoms with Crippen LogP contribution in [0.4, 0.5) is 4.79 Å². The minimum atomic E-state index is -2.60. The maximum Gasteiger partial charge on any atom is 0.407 e. The average molecular weight is 577 g/mol. The van der Waals surface area contributed by atoms with Gasteiger partial charge >= 0.3 is 6.09 Å². The second kappa shape index (κ2) is 10.6. The number of phenolic OH excluding ortho intramolecular Hbond substituents is 1. The molecule has 0 unspecified atom stereocenters. The van der Waals surface area contributed by atoms with Crippen molar-refractivity contribution in [2.24, 2.45) is 23.5 Å². The zero-order chi connectivity index (χ0) is 30.5. The number of nitrogens with one attached hydrogen (secondary N) is 1. The number of Topliss-reactive ketones (excluding diaryl/α,β-unsaturated/α-hetero) is 2. The van der Waals surface area contributed by atoms with Crippen LogP contribution in [0.2, 0.25) is 0 Å². The van der Waals surface area contributed by atoms with Crippen molar-refractivity contribution in [1.29, 1.82) is 0 Å². The van der Waals surface area contributed by atoms with Gasteiger partial charge in [0, 0.05) is 24.5 Å². The number of carbonyl (C=O) groups is 4. The molecule has 2 amide bonds. The highest BCUT2D eigenvalue weighted by Crippen LogP contribution is 2.53. The van der Waals surface area contributed by atoms with Crippen LogP contribution in [-0.2, 0) is 32.1 Å². The number of fused-ring (bicyclic) bond motifs is 3. The van der Waals surface area contributed by atoms with Gasteiger partial charge in [-0.1, -0.05) is 44.2 Å². The topological polar surface area (TPSA) is 196 Å². The number of aliphatic hydroxyl groups is 3. The monoisotopic (exact) mass is 576 g/mol. The van der Waals surface area contributed by atoms with E-state index in [1.54, 1.807) is 6.07 Å². The number of hydrogen-bond donors (Lipinski definition) is 6. The molecule has 3 aliphatic rings. The summed E-state index contributed by atoms with van der Waals surface area (Å²) in [6.07, 6.45) is -0.643. The van der Waals surface area contributed by atoms with E-state index in [9.17, 15) is 39.6 Å². The molecule has 0 spiro atoms. The Bertz CT molecular complexity index is 1570. The summed E-state index contributed by atoms with van der Waals surface area (Å²) in [4.78, 5) is 49.9. The molecule has 0 saturated heterocycles. The third-order valence-corrected chi connectivity index (χ3v) is 8.20. The number of phenols is 1. The van der Waals surface area contributed by atoms with Gasteiger partial charge in [0.1, 0.15) is 22.8 Å². The Kier molecular flexibility index (Phi) is 7.32. The van der Waals surface area contributed by atoms with Crippen molar-refractivity contribution in [1.82, 2.24) is 5.32 Å². The number of carbonyl (C=O) groups excluding carboxylic acids is 4. The van der Waals surface area contributed by atoms with E-state index in [2.05, 4.69) is 5.32 Å². The van der Waals surface area contributed by atoms with E-state index in [1.165, 1.54) is 6.07 Å². The Balaban J connectivity index is 1.48. The van der Waals surface area contributed by atoms with E-state index >= 15 is 0 Å². The van der Waals surface area contributed by atoms with Crippen LogP contribution in [0.5, 0.6) is 5.75 Å². The van der Waals surface area contributed by atoms with Crippen LogP contribution in [0, 0.1) is 17.8 Å². The summed E-state index contributed by atoms with van der Waals surface area (Å²) in [7, 11) is 0. The van der Waals surface area contributed by atoms with E-state index in [0.717, 1.165) is 11.1 Å². The molecule has 0 heterocycles. The molecule has 0 aliphatic heterocycles. The van der Waals surface area contributed by atoms with Gasteiger partial charge in [-0.25, -0.2) is 4.79 Å². The van der Waals surface area contributed by atoms with Crippen LogP contribution in [0.3, 0.4) is 0 Å². The first-order valence-electron chi connectivity index (χ1n) is 13.7. The number of hydrogen-bond acceptors (Lipinski definition) is 9. The van der Waals surface area contributed by atoms with Crippen LogP contribution in [0.15, 0.2) is 53.3 Å². The van der Waals surface area contributed by atoms with Crippen molar-refractivity contribution in [3.8, 4) is 16.9 Å². The van der Waals surface area contributed by atoms with Crippen molar-refractivity contribution >= 4 is 29.3 Å². The third kappa shape index (κ3) is 4.69. The number of alkyl carbamates (subject to hydrolysis) is 1. The van der Waals surface area contributed by atoms with Crippen molar-refractivity contribution in [3.63, 3.8) is 0 Å². The Hall–Kier alpha value is -4.64. The quantitative estimate of drug-likeness (QED) is 0.280. The fraction of sp³-hybridized carbons (Fsp3) is 0.355. The molecular formula is C31H32N2O9. The van der Waals surface area contributed by atoms with Gasteiger partial charge in [0.2, 0.25) is 5.78 Å². The number of nitrogens with two attached hydrogens (primary N) is 1. The predicted octanol–water partition coefficient (Wildman–Crippen LogP) is 2.97. The van der Waals surface area contributed by atoms with Crippen LogP contribution in [-0.4, -0.2) is 56.2 Å². The van der Waals surface area contributed by atoms with Gasteiger partial charge in [-0.05, 0) is 53.0 Å². The van der Waals surface area contributed by atoms with Gasteiger partial charge in [0.25, 0.3) is 5.91 Å². The largest absolute Gasteiger partial charge is 0.508 e. The number of aromatic hydroxyl groups is 1. The SMILES string of the molecule is CC(C)COC(=O)NCc1ccc(-c2ccc(O)c3c2C[C@H]2C[C@H]4CC(=O)C(C(N)=O)=C(O)[C@@]4(O)C(=O)C2=C3O)cc1. The maximum absolute atomic E-state index is 13.7. The minimum Gasteiger partial charge on any atom is -0.508 e. The van der Waals surface area contributed by atoms with Crippen molar-refractivity contribution in [2.45, 2.75) is 45.3 Å². The molecule has 2 aromatic carbocycles. The van der Waals surface area contributed by atoms with E-state index in [4.69, 9.17) is 10.5 Å². The van der Waals surface area contributed by atoms with Gasteiger partial charge in [0.05, 0.1) is 12.2 Å². The highest BCUT2D eigenvalue weighted by Gasteiger charge is 2.60. The first kappa shape index (κ1) is 28.9. The number of benzene rings is 2. The number of ketones is 2. The number of primary amides is 1. The highest BCUT2D eigenvalue weighted by molar-refractivity contribution is 6.22. The first-order chi connectivity index (χ1) is 19.8. The fourth-order valence-corrected chi connectivity index (χ4v) is 6.16. The molecule has 220 valence electrons. The Morgan fingerprint density at radius 3 is 2.40 bits per heavy atom. The average Bonchev–Trinajstić information content (AvgIpc) is 2.93. The zero-order valence-electron chi connectivity index (χ0n) is 23.1. The number of amides is 2. The fourth-order valence-electron chi connectivity index (χ4n) is 6.16. The van der Waals surface area contributed by atoms with E-state index in [0.29, 0.717) is 17.7 Å². The molecule has 5 rings (SSSR count). The lowest BCUT2D eigenvalue weighted by Gasteiger charge is -2.46. The molecule has 3 aliphatic carbocycles. The summed E-state index contributed by atoms with van der Waals surface area (Å²) in [5.74, 6) is -6.44. The second-order valence-electron chi connectivity index (χ2n) is 11.4. The van der Waals surface area contributed by atoms with Crippen molar-refractivity contribution in [2.75, 3.05) is 6.61 Å². The van der Waals surface area contributed by atoms with Crippen LogP contribution < -0.4 is 11.1 Å². The van der Waals surface area contributed by atoms with Gasteiger partial charge in [-0.2, -0.15) is 0 Å². The normalized spacial score (nSPS) is 23.3. The van der Waals surface area contributed by atoms with Gasteiger partial charge in [-0.3, -0.25) is 14.4 Å². The summed E-state index contributed by atoms with van der Waals surface area (Å²) in [5, 5.41) is 46.8. The number of rotatable bonds is 6. The summed E-state index contributed by atoms with van der Waals surface area (Å²) < 4.78 is 5.12. The molecule has 11 nitrogen and oxygen atoms in total. The first-order valence-corrected chi connectivity index (χ1v) is 13.7. The van der Waals surface area contributed by atoms with Gasteiger partial charge < -0.3 is 36.2 Å². The Morgan fingerprint density at radius 1 is 1.07 bits per heavy atom. The second-order valence-corrected chi connectivity index (χ2v) is 11.4. The molecule has 3 atom stereocenters.